The number of rotatable bonds is 15. The normalized spacial score (nSPS) is 12.6. The third kappa shape index (κ3) is 9.16. The van der Waals surface area contributed by atoms with Crippen LogP contribution >= 0.6 is 11.6 Å². The molecule has 3 aromatic heterocycles. The van der Waals surface area contributed by atoms with Crippen LogP contribution in [-0.2, 0) is 13.0 Å². The van der Waals surface area contributed by atoms with E-state index in [4.69, 9.17) is 28.5 Å². The average Bonchev–Trinajstić information content (AvgIpc) is 3.46. The van der Waals surface area contributed by atoms with E-state index in [1.807, 2.05) is 43.3 Å². The Morgan fingerprint density at radius 1 is 1.15 bits per heavy atom. The van der Waals surface area contributed by atoms with Crippen LogP contribution in [-0.4, -0.2) is 50.7 Å². The quantitative estimate of drug-likeness (QED) is 0.0627. The van der Waals surface area contributed by atoms with E-state index in [0.29, 0.717) is 47.6 Å². The zero-order valence-corrected chi connectivity index (χ0v) is 26.9. The molecule has 0 saturated carbocycles. The predicted molar refractivity (Wildman–Crippen MR) is 187 cm³/mol. The summed E-state index contributed by atoms with van der Waals surface area (Å²) in [7, 11) is 0. The number of hydrogen-bond acceptors (Lipinski definition) is 7. The Balaban J connectivity index is 1.29. The molecule has 47 heavy (non-hydrogen) atoms. The summed E-state index contributed by atoms with van der Waals surface area (Å²) in [5, 5.41) is 17.9. The lowest BCUT2D eigenvalue weighted by atomic mass is 10.0. The summed E-state index contributed by atoms with van der Waals surface area (Å²) in [4.78, 5) is 24.5. The third-order valence-electron chi connectivity index (χ3n) is 7.84. The summed E-state index contributed by atoms with van der Waals surface area (Å²) in [6.07, 6.45) is 8.38. The molecule has 11 nitrogen and oxygen atoms in total. The molecule has 2 atom stereocenters. The maximum Gasteiger partial charge on any atom is 0.354 e. The summed E-state index contributed by atoms with van der Waals surface area (Å²) in [5.41, 5.74) is 15.6. The third-order valence-corrected chi connectivity index (χ3v) is 8.12. The molecule has 13 heteroatoms. The molecule has 0 amide bonds. The molecule has 0 fully saturated rings. The fraction of sp³-hybridized carbons (Fsp3) is 0.294. The second kappa shape index (κ2) is 15.7. The zero-order chi connectivity index (χ0) is 33.3. The Bertz CT molecular complexity index is 1860. The molecule has 3 heterocycles. The number of aromatic nitrogens is 4. The van der Waals surface area contributed by atoms with E-state index < -0.39 is 11.5 Å². The maximum atomic E-state index is 15.1. The van der Waals surface area contributed by atoms with E-state index in [2.05, 4.69) is 30.9 Å². The number of fused-ring (bicyclic) bond motifs is 1. The minimum Gasteiger partial charge on any atom is -0.382 e. The monoisotopic (exact) mass is 658 g/mol. The molecule has 0 unspecified atom stereocenters. The van der Waals surface area contributed by atoms with Crippen LogP contribution in [0.4, 0.5) is 10.1 Å². The van der Waals surface area contributed by atoms with Gasteiger partial charge in [0.2, 0.25) is 0 Å². The highest BCUT2D eigenvalue weighted by molar-refractivity contribution is 6.31. The molecule has 2 aromatic carbocycles. The second-order valence-electron chi connectivity index (χ2n) is 11.7. The molecule has 5 aromatic rings. The summed E-state index contributed by atoms with van der Waals surface area (Å²) in [6.45, 7) is 3.75. The molecule has 0 aliphatic heterocycles. The predicted octanol–water partition coefficient (Wildman–Crippen LogP) is 4.68. The number of aromatic amines is 1. The van der Waals surface area contributed by atoms with Crippen molar-refractivity contribution in [3.05, 3.63) is 106 Å². The van der Waals surface area contributed by atoms with E-state index in [1.165, 1.54) is 4.57 Å². The first-order chi connectivity index (χ1) is 22.7. The smallest absolute Gasteiger partial charge is 0.354 e. The highest BCUT2D eigenvalue weighted by atomic mass is 35.5. The Morgan fingerprint density at radius 3 is 2.68 bits per heavy atom. The molecule has 0 spiro atoms. The standard InChI is InChI=1S/C34H40ClFN10O/c1-21(37)4-2-5-23-14-28(31(36)29(35)15-23)30-16-24-20-46(34(47)45-32(24)44-30)27-9-7-22(8-10-27)17-42-26(11-13-41-33(38)39)19-43-25-6-3-12-40-18-25/h3,6-10,12,14-16,18,20-21,26,42-43H,2,4-5,11,13,17,19,37H2,1H3,(H4,38,39,41)(H,44,45,47)/t21-,26+/m0/s1. The lowest BCUT2D eigenvalue weighted by Crippen LogP contribution is -2.40. The fourth-order valence-corrected chi connectivity index (χ4v) is 5.58. The Labute approximate surface area is 277 Å². The van der Waals surface area contributed by atoms with Crippen molar-refractivity contribution in [1.82, 2.24) is 30.2 Å². The number of aryl methyl sites for hydroxylation is 1. The fourth-order valence-electron chi connectivity index (χ4n) is 5.34. The van der Waals surface area contributed by atoms with Gasteiger partial charge in [-0.05, 0) is 86.2 Å². The van der Waals surface area contributed by atoms with Gasteiger partial charge < -0.3 is 32.4 Å². The van der Waals surface area contributed by atoms with Crippen LogP contribution in [0.25, 0.3) is 28.0 Å². The highest BCUT2D eigenvalue weighted by Crippen LogP contribution is 2.31. The molecule has 0 aliphatic carbocycles. The van der Waals surface area contributed by atoms with Crippen LogP contribution in [0.1, 0.15) is 37.3 Å². The summed E-state index contributed by atoms with van der Waals surface area (Å²) in [6, 6.07) is 16.8. The van der Waals surface area contributed by atoms with E-state index >= 15 is 4.39 Å². The number of hydrogen-bond donors (Lipinski definition) is 7. The lowest BCUT2D eigenvalue weighted by Gasteiger charge is -2.20. The van der Waals surface area contributed by atoms with Crippen LogP contribution in [0.5, 0.6) is 0 Å². The minimum atomic E-state index is -0.529. The molecule has 5 rings (SSSR count). The van der Waals surface area contributed by atoms with E-state index in [0.717, 1.165) is 42.5 Å². The number of pyridine rings is 1. The highest BCUT2D eigenvalue weighted by Gasteiger charge is 2.16. The van der Waals surface area contributed by atoms with Gasteiger partial charge in [-0.25, -0.2) is 9.18 Å². The van der Waals surface area contributed by atoms with Gasteiger partial charge in [-0.1, -0.05) is 23.7 Å². The SMILES string of the molecule is C[C@H](N)CCCc1cc(Cl)c(F)c(-c2cc3cn(-c4ccc(CN[C@H](CCNC(=N)N)CNc5cccnc5)cc4)c(=O)nc3[nH]2)c1. The van der Waals surface area contributed by atoms with E-state index in [9.17, 15) is 4.79 Å². The van der Waals surface area contributed by atoms with Crippen molar-refractivity contribution in [2.75, 3.05) is 18.4 Å². The van der Waals surface area contributed by atoms with Gasteiger partial charge >= 0.3 is 5.69 Å². The number of guanidine groups is 1. The van der Waals surface area contributed by atoms with Crippen molar-refractivity contribution in [1.29, 1.82) is 5.41 Å². The number of H-pyrrole nitrogens is 1. The number of halogens is 2. The second-order valence-corrected chi connectivity index (χ2v) is 12.1. The molecule has 0 radical (unpaired) electrons. The van der Waals surface area contributed by atoms with E-state index in [1.54, 1.807) is 36.8 Å². The molecule has 246 valence electrons. The molecule has 0 aliphatic rings. The van der Waals surface area contributed by atoms with Crippen LogP contribution in [0.2, 0.25) is 5.02 Å². The first-order valence-corrected chi connectivity index (χ1v) is 15.9. The van der Waals surface area contributed by atoms with Crippen molar-refractivity contribution in [3.8, 4) is 16.9 Å². The zero-order valence-electron chi connectivity index (χ0n) is 26.2. The van der Waals surface area contributed by atoms with Crippen LogP contribution in [0.3, 0.4) is 0 Å². The molecule has 0 saturated heterocycles. The molecular formula is C34H40ClFN10O. The van der Waals surface area contributed by atoms with E-state index in [-0.39, 0.29) is 23.1 Å². The molecule has 9 N–H and O–H groups in total. The van der Waals surface area contributed by atoms with Crippen LogP contribution < -0.4 is 33.1 Å². The summed E-state index contributed by atoms with van der Waals surface area (Å²) >= 11 is 6.26. The van der Waals surface area contributed by atoms with Gasteiger partial charge in [0, 0.05) is 61.3 Å². The van der Waals surface area contributed by atoms with Crippen molar-refractivity contribution in [2.24, 2.45) is 11.5 Å². The van der Waals surface area contributed by atoms with Gasteiger partial charge in [-0.3, -0.25) is 15.0 Å². The van der Waals surface area contributed by atoms with Crippen molar-refractivity contribution >= 4 is 34.3 Å². The van der Waals surface area contributed by atoms with Gasteiger partial charge in [-0.2, -0.15) is 4.98 Å². The molecular weight excluding hydrogens is 619 g/mol. The molecule has 0 bridgehead atoms. The number of benzene rings is 2. The van der Waals surface area contributed by atoms with Crippen LogP contribution in [0.15, 0.2) is 78.0 Å². The largest absolute Gasteiger partial charge is 0.382 e. The first-order valence-electron chi connectivity index (χ1n) is 15.6. The van der Waals surface area contributed by atoms with Gasteiger partial charge in [-0.15, -0.1) is 0 Å². The van der Waals surface area contributed by atoms with Crippen LogP contribution in [0, 0.1) is 11.2 Å². The number of nitrogens with one attached hydrogen (secondary N) is 5. The van der Waals surface area contributed by atoms with Gasteiger partial charge in [0.05, 0.1) is 22.1 Å². The average molecular weight is 659 g/mol. The Morgan fingerprint density at radius 2 is 1.96 bits per heavy atom. The topological polar surface area (TPSA) is 176 Å². The first kappa shape index (κ1) is 33.6. The van der Waals surface area contributed by atoms with Crippen molar-refractivity contribution < 1.29 is 4.39 Å². The number of anilines is 1. The Kier molecular flexibility index (Phi) is 11.2. The summed E-state index contributed by atoms with van der Waals surface area (Å²) < 4.78 is 16.6. The van der Waals surface area contributed by atoms with Gasteiger partial charge in [0.15, 0.2) is 11.8 Å². The van der Waals surface area contributed by atoms with Crippen molar-refractivity contribution in [3.63, 3.8) is 0 Å². The minimum absolute atomic E-state index is 0.0443. The number of nitrogens with two attached hydrogens (primary N) is 2. The number of nitrogens with zero attached hydrogens (tertiary/aromatic N) is 3. The van der Waals surface area contributed by atoms with Gasteiger partial charge in [0.1, 0.15) is 5.65 Å². The lowest BCUT2D eigenvalue weighted by molar-refractivity contribution is 0.494. The van der Waals surface area contributed by atoms with Crippen molar-refractivity contribution in [2.45, 2.75) is 51.2 Å². The van der Waals surface area contributed by atoms with Gasteiger partial charge in [0.25, 0.3) is 0 Å². The maximum absolute atomic E-state index is 15.1. The Hall–Kier alpha value is -4.78. The summed E-state index contributed by atoms with van der Waals surface area (Å²) in [5.74, 6) is -0.591.